The van der Waals surface area contributed by atoms with E-state index in [2.05, 4.69) is 4.90 Å². The predicted octanol–water partition coefficient (Wildman–Crippen LogP) is 2.29. The van der Waals surface area contributed by atoms with Crippen molar-refractivity contribution in [1.82, 2.24) is 4.90 Å². The summed E-state index contributed by atoms with van der Waals surface area (Å²) in [6, 6.07) is 0.850. The molecule has 1 amide bonds. The Kier molecular flexibility index (Phi) is 3.60. The monoisotopic (exact) mass is 250 g/mol. The smallest absolute Gasteiger partial charge is 0.223 e. The molecule has 0 aromatic carbocycles. The van der Waals surface area contributed by atoms with Crippen LogP contribution in [0.25, 0.3) is 0 Å². The van der Waals surface area contributed by atoms with Crippen LogP contribution < -0.4 is 5.73 Å². The fourth-order valence-electron chi connectivity index (χ4n) is 4.08. The van der Waals surface area contributed by atoms with Gasteiger partial charge in [-0.3, -0.25) is 4.79 Å². The lowest BCUT2D eigenvalue weighted by molar-refractivity contribution is -0.134. The number of carbonyl (C=O) groups excluding carboxylic acids is 1. The summed E-state index contributed by atoms with van der Waals surface area (Å²) in [4.78, 5) is 14.7. The minimum Gasteiger partial charge on any atom is -0.339 e. The molecule has 3 heteroatoms. The summed E-state index contributed by atoms with van der Waals surface area (Å²) in [5.74, 6) is 1.67. The number of nitrogens with zero attached hydrogens (tertiary/aromatic N) is 1. The topological polar surface area (TPSA) is 46.3 Å². The minimum atomic E-state index is 0.277. The molecule has 1 saturated heterocycles. The number of hydrogen-bond acceptors (Lipinski definition) is 2. The van der Waals surface area contributed by atoms with Crippen LogP contribution in [0.3, 0.4) is 0 Å². The van der Waals surface area contributed by atoms with Crippen LogP contribution in [0.4, 0.5) is 0 Å². The second-order valence-electron chi connectivity index (χ2n) is 6.55. The number of hydrogen-bond donors (Lipinski definition) is 1. The molecule has 3 atom stereocenters. The molecular formula is C15H26N2O. The Balaban J connectivity index is 1.57. The molecule has 3 fully saturated rings. The van der Waals surface area contributed by atoms with Crippen molar-refractivity contribution in [2.24, 2.45) is 17.6 Å². The van der Waals surface area contributed by atoms with Gasteiger partial charge < -0.3 is 10.6 Å². The summed E-state index contributed by atoms with van der Waals surface area (Å²) in [5, 5.41) is 0. The zero-order chi connectivity index (χ0) is 12.5. The van der Waals surface area contributed by atoms with Gasteiger partial charge in [0, 0.05) is 25.0 Å². The molecule has 1 unspecified atom stereocenters. The van der Waals surface area contributed by atoms with Crippen LogP contribution in [-0.4, -0.2) is 29.4 Å². The van der Waals surface area contributed by atoms with Crippen LogP contribution in [0.15, 0.2) is 0 Å². The van der Waals surface area contributed by atoms with Crippen molar-refractivity contribution in [1.29, 1.82) is 0 Å². The molecule has 2 aliphatic carbocycles. The van der Waals surface area contributed by atoms with Crippen LogP contribution in [0, 0.1) is 11.8 Å². The van der Waals surface area contributed by atoms with Gasteiger partial charge in [-0.1, -0.05) is 12.8 Å². The van der Waals surface area contributed by atoms with Crippen molar-refractivity contribution >= 4 is 5.91 Å². The number of carbonyl (C=O) groups is 1. The molecule has 0 spiro atoms. The van der Waals surface area contributed by atoms with E-state index in [1.165, 1.54) is 38.5 Å². The first-order valence-electron chi connectivity index (χ1n) is 7.81. The maximum Gasteiger partial charge on any atom is 0.223 e. The molecule has 3 rings (SSSR count). The fourth-order valence-corrected chi connectivity index (χ4v) is 4.08. The Bertz CT molecular complexity index is 314. The first kappa shape index (κ1) is 12.5. The Morgan fingerprint density at radius 2 is 1.83 bits per heavy atom. The zero-order valence-corrected chi connectivity index (χ0v) is 11.3. The van der Waals surface area contributed by atoms with E-state index < -0.39 is 0 Å². The van der Waals surface area contributed by atoms with E-state index in [4.69, 9.17) is 5.73 Å². The van der Waals surface area contributed by atoms with Crippen LogP contribution in [0.2, 0.25) is 0 Å². The molecular weight excluding hydrogens is 224 g/mol. The molecule has 2 N–H and O–H groups in total. The zero-order valence-electron chi connectivity index (χ0n) is 11.3. The van der Waals surface area contributed by atoms with Gasteiger partial charge >= 0.3 is 0 Å². The van der Waals surface area contributed by atoms with Crippen molar-refractivity contribution in [2.45, 2.75) is 69.9 Å². The maximum absolute atomic E-state index is 12.5. The fraction of sp³-hybridized carbons (Fsp3) is 0.933. The van der Waals surface area contributed by atoms with Gasteiger partial charge in [0.15, 0.2) is 0 Å². The normalized spacial score (nSPS) is 36.9. The van der Waals surface area contributed by atoms with E-state index in [9.17, 15) is 4.79 Å². The van der Waals surface area contributed by atoms with Gasteiger partial charge in [-0.25, -0.2) is 0 Å². The molecule has 0 aromatic heterocycles. The Morgan fingerprint density at radius 3 is 2.44 bits per heavy atom. The third kappa shape index (κ3) is 2.29. The van der Waals surface area contributed by atoms with Crippen molar-refractivity contribution in [3.05, 3.63) is 0 Å². The van der Waals surface area contributed by atoms with Gasteiger partial charge in [-0.05, 0) is 50.4 Å². The molecule has 1 aliphatic heterocycles. The highest BCUT2D eigenvalue weighted by molar-refractivity contribution is 5.77. The molecule has 0 bridgehead atoms. The average molecular weight is 250 g/mol. The Hall–Kier alpha value is -0.570. The van der Waals surface area contributed by atoms with Gasteiger partial charge in [0.1, 0.15) is 0 Å². The van der Waals surface area contributed by atoms with Crippen molar-refractivity contribution in [3.63, 3.8) is 0 Å². The summed E-state index contributed by atoms with van der Waals surface area (Å²) in [6.07, 6.45) is 10.7. The highest BCUT2D eigenvalue weighted by atomic mass is 16.2. The van der Waals surface area contributed by atoms with Crippen LogP contribution in [0.1, 0.15) is 57.8 Å². The number of amides is 1. The summed E-state index contributed by atoms with van der Waals surface area (Å²) in [5.41, 5.74) is 6.09. The summed E-state index contributed by atoms with van der Waals surface area (Å²) in [6.45, 7) is 1.00. The maximum atomic E-state index is 12.5. The van der Waals surface area contributed by atoms with Crippen LogP contribution in [-0.2, 0) is 4.79 Å². The van der Waals surface area contributed by atoms with E-state index in [1.807, 2.05) is 0 Å². The number of likely N-dealkylation sites (tertiary alicyclic amines) is 1. The minimum absolute atomic E-state index is 0.277. The van der Waals surface area contributed by atoms with E-state index in [1.54, 1.807) is 0 Å². The predicted molar refractivity (Wildman–Crippen MR) is 72.0 cm³/mol. The summed E-state index contributed by atoms with van der Waals surface area (Å²) in [7, 11) is 0. The van der Waals surface area contributed by atoms with E-state index in [0.29, 0.717) is 24.3 Å². The van der Waals surface area contributed by atoms with Gasteiger partial charge in [0.25, 0.3) is 0 Å². The van der Waals surface area contributed by atoms with Crippen molar-refractivity contribution in [2.75, 3.05) is 6.54 Å². The first-order valence-corrected chi connectivity index (χ1v) is 7.81. The lowest BCUT2D eigenvalue weighted by Gasteiger charge is -2.37. The molecule has 2 saturated carbocycles. The lowest BCUT2D eigenvalue weighted by Crippen LogP contribution is -2.43. The standard InChI is InChI=1S/C15H26N2O/c16-13-7-2-6-12(13)10-15(18)17-9-3-8-14(17)11-4-1-5-11/h11-14H,1-10,16H2/t12-,13+,14?/m0/s1. The largest absolute Gasteiger partial charge is 0.339 e. The molecule has 3 aliphatic rings. The van der Waals surface area contributed by atoms with Gasteiger partial charge in [-0.2, -0.15) is 0 Å². The second-order valence-corrected chi connectivity index (χ2v) is 6.55. The summed E-state index contributed by atoms with van der Waals surface area (Å²) < 4.78 is 0. The highest BCUT2D eigenvalue weighted by Crippen LogP contribution is 2.38. The average Bonchev–Trinajstić information content (AvgIpc) is 2.87. The Morgan fingerprint density at radius 1 is 1.06 bits per heavy atom. The molecule has 102 valence electrons. The second kappa shape index (κ2) is 5.20. The lowest BCUT2D eigenvalue weighted by atomic mass is 9.78. The van der Waals surface area contributed by atoms with E-state index >= 15 is 0 Å². The highest BCUT2D eigenvalue weighted by Gasteiger charge is 2.38. The van der Waals surface area contributed by atoms with Gasteiger partial charge in [-0.15, -0.1) is 0 Å². The van der Waals surface area contributed by atoms with E-state index in [0.717, 1.165) is 25.3 Å². The third-order valence-corrected chi connectivity index (χ3v) is 5.47. The van der Waals surface area contributed by atoms with Crippen molar-refractivity contribution in [3.8, 4) is 0 Å². The molecule has 0 radical (unpaired) electrons. The summed E-state index contributed by atoms with van der Waals surface area (Å²) >= 11 is 0. The first-order chi connectivity index (χ1) is 8.75. The molecule has 1 heterocycles. The van der Waals surface area contributed by atoms with Crippen LogP contribution in [0.5, 0.6) is 0 Å². The van der Waals surface area contributed by atoms with Crippen LogP contribution >= 0.6 is 0 Å². The van der Waals surface area contributed by atoms with E-state index in [-0.39, 0.29) is 6.04 Å². The molecule has 0 aromatic rings. The number of rotatable bonds is 3. The third-order valence-electron chi connectivity index (χ3n) is 5.47. The molecule has 3 nitrogen and oxygen atoms in total. The van der Waals surface area contributed by atoms with Crippen molar-refractivity contribution < 1.29 is 4.79 Å². The number of nitrogens with two attached hydrogens (primary N) is 1. The van der Waals surface area contributed by atoms with Gasteiger partial charge in [0.2, 0.25) is 5.91 Å². The quantitative estimate of drug-likeness (QED) is 0.835. The van der Waals surface area contributed by atoms with Gasteiger partial charge in [0.05, 0.1) is 0 Å². The molecule has 18 heavy (non-hydrogen) atoms. The SMILES string of the molecule is N[C@@H]1CCC[C@H]1CC(=O)N1CCCC1C1CCC1. The Labute approximate surface area is 110 Å².